The van der Waals surface area contributed by atoms with Crippen molar-refractivity contribution in [1.82, 2.24) is 5.32 Å². The Labute approximate surface area is 124 Å². The number of carbonyl (C=O) groups is 1. The SMILES string of the molecule is CCC1(C(=O)Nc2c(Br)cccc2Br)CCNC1. The number of nitrogens with one attached hydrogen (secondary N) is 2. The molecule has 5 heteroatoms. The highest BCUT2D eigenvalue weighted by Gasteiger charge is 2.39. The van der Waals surface area contributed by atoms with Crippen LogP contribution in [0.15, 0.2) is 27.1 Å². The number of carbonyl (C=O) groups excluding carboxylic acids is 1. The fraction of sp³-hybridized carbons (Fsp3) is 0.462. The van der Waals surface area contributed by atoms with E-state index >= 15 is 0 Å². The van der Waals surface area contributed by atoms with Gasteiger partial charge in [-0.2, -0.15) is 0 Å². The molecule has 98 valence electrons. The van der Waals surface area contributed by atoms with E-state index in [1.807, 2.05) is 18.2 Å². The molecular formula is C13H16Br2N2O. The Morgan fingerprint density at radius 2 is 2.11 bits per heavy atom. The van der Waals surface area contributed by atoms with Crippen LogP contribution in [0.1, 0.15) is 19.8 Å². The lowest BCUT2D eigenvalue weighted by Gasteiger charge is -2.25. The predicted octanol–water partition coefficient (Wildman–Crippen LogP) is 3.54. The largest absolute Gasteiger partial charge is 0.324 e. The molecule has 2 rings (SSSR count). The zero-order valence-electron chi connectivity index (χ0n) is 10.2. The number of amides is 1. The highest BCUT2D eigenvalue weighted by atomic mass is 79.9. The molecule has 1 amide bonds. The summed E-state index contributed by atoms with van der Waals surface area (Å²) < 4.78 is 1.78. The summed E-state index contributed by atoms with van der Waals surface area (Å²) in [6.45, 7) is 3.75. The van der Waals surface area contributed by atoms with Gasteiger partial charge in [0.2, 0.25) is 5.91 Å². The average molecular weight is 376 g/mol. The van der Waals surface area contributed by atoms with Crippen molar-refractivity contribution in [3.8, 4) is 0 Å². The molecule has 1 heterocycles. The summed E-state index contributed by atoms with van der Waals surface area (Å²) in [5, 5.41) is 6.32. The van der Waals surface area contributed by atoms with Crippen LogP contribution >= 0.6 is 31.9 Å². The minimum absolute atomic E-state index is 0.0996. The lowest BCUT2D eigenvalue weighted by Crippen LogP contribution is -2.37. The van der Waals surface area contributed by atoms with Crippen molar-refractivity contribution in [3.05, 3.63) is 27.1 Å². The second-order valence-electron chi connectivity index (χ2n) is 4.61. The van der Waals surface area contributed by atoms with Gasteiger partial charge in [-0.3, -0.25) is 4.79 Å². The number of para-hydroxylation sites is 1. The maximum atomic E-state index is 12.5. The molecule has 1 fully saturated rings. The quantitative estimate of drug-likeness (QED) is 0.848. The molecule has 0 spiro atoms. The molecule has 0 radical (unpaired) electrons. The molecule has 0 aliphatic carbocycles. The van der Waals surface area contributed by atoms with Crippen molar-refractivity contribution >= 4 is 43.5 Å². The lowest BCUT2D eigenvalue weighted by atomic mass is 9.83. The van der Waals surface area contributed by atoms with E-state index in [9.17, 15) is 4.79 Å². The Balaban J connectivity index is 2.21. The van der Waals surface area contributed by atoms with Gasteiger partial charge in [0.25, 0.3) is 0 Å². The Morgan fingerprint density at radius 1 is 1.44 bits per heavy atom. The number of hydrogen-bond donors (Lipinski definition) is 2. The number of hydrogen-bond acceptors (Lipinski definition) is 2. The first-order chi connectivity index (χ1) is 8.59. The second-order valence-corrected chi connectivity index (χ2v) is 6.32. The van der Waals surface area contributed by atoms with Gasteiger partial charge in [0.15, 0.2) is 0 Å². The lowest BCUT2D eigenvalue weighted by molar-refractivity contribution is -0.124. The Kier molecular flexibility index (Phi) is 4.45. The topological polar surface area (TPSA) is 41.1 Å². The third-order valence-electron chi connectivity index (χ3n) is 3.60. The number of halogens is 2. The van der Waals surface area contributed by atoms with Crippen LogP contribution in [0.5, 0.6) is 0 Å². The molecule has 1 aromatic carbocycles. The molecule has 1 aromatic rings. The van der Waals surface area contributed by atoms with Crippen LogP contribution < -0.4 is 10.6 Å². The summed E-state index contributed by atoms with van der Waals surface area (Å²) in [7, 11) is 0. The molecule has 1 aliphatic heterocycles. The van der Waals surface area contributed by atoms with Crippen molar-refractivity contribution in [2.45, 2.75) is 19.8 Å². The van der Waals surface area contributed by atoms with Crippen LogP contribution in [0.4, 0.5) is 5.69 Å². The summed E-state index contributed by atoms with van der Waals surface area (Å²) in [4.78, 5) is 12.5. The van der Waals surface area contributed by atoms with Crippen molar-refractivity contribution in [2.75, 3.05) is 18.4 Å². The van der Waals surface area contributed by atoms with Crippen LogP contribution in [0.2, 0.25) is 0 Å². The molecule has 0 saturated carbocycles. The van der Waals surface area contributed by atoms with Gasteiger partial charge >= 0.3 is 0 Å². The van der Waals surface area contributed by atoms with Gasteiger partial charge in [-0.25, -0.2) is 0 Å². The second kappa shape index (κ2) is 5.72. The van der Waals surface area contributed by atoms with E-state index in [1.54, 1.807) is 0 Å². The molecular weight excluding hydrogens is 360 g/mol. The van der Waals surface area contributed by atoms with Gasteiger partial charge in [-0.05, 0) is 63.4 Å². The first kappa shape index (κ1) is 14.0. The molecule has 18 heavy (non-hydrogen) atoms. The number of rotatable bonds is 3. The molecule has 1 aliphatic rings. The zero-order valence-corrected chi connectivity index (χ0v) is 13.4. The third kappa shape index (κ3) is 2.63. The Bertz CT molecular complexity index is 436. The predicted molar refractivity (Wildman–Crippen MR) is 80.7 cm³/mol. The summed E-state index contributed by atoms with van der Waals surface area (Å²) in [5.41, 5.74) is 0.538. The zero-order chi connectivity index (χ0) is 13.2. The van der Waals surface area contributed by atoms with Crippen molar-refractivity contribution in [3.63, 3.8) is 0 Å². The molecule has 1 atom stereocenters. The van der Waals surface area contributed by atoms with Crippen LogP contribution in [0, 0.1) is 5.41 Å². The van der Waals surface area contributed by atoms with Gasteiger partial charge in [0.1, 0.15) is 0 Å². The van der Waals surface area contributed by atoms with Gasteiger partial charge in [-0.15, -0.1) is 0 Å². The first-order valence-electron chi connectivity index (χ1n) is 6.05. The Morgan fingerprint density at radius 3 is 2.61 bits per heavy atom. The number of benzene rings is 1. The van der Waals surface area contributed by atoms with Crippen molar-refractivity contribution < 1.29 is 4.79 Å². The fourth-order valence-electron chi connectivity index (χ4n) is 2.26. The fourth-order valence-corrected chi connectivity index (χ4v) is 3.46. The highest BCUT2D eigenvalue weighted by Crippen LogP contribution is 2.35. The van der Waals surface area contributed by atoms with Gasteiger partial charge < -0.3 is 10.6 Å². The van der Waals surface area contributed by atoms with E-state index in [2.05, 4.69) is 49.4 Å². The smallest absolute Gasteiger partial charge is 0.231 e. The van der Waals surface area contributed by atoms with Crippen molar-refractivity contribution in [2.24, 2.45) is 5.41 Å². The normalized spacial score (nSPS) is 23.1. The van der Waals surface area contributed by atoms with Crippen LogP contribution in [-0.2, 0) is 4.79 Å². The Hall–Kier alpha value is -0.390. The molecule has 2 N–H and O–H groups in total. The summed E-state index contributed by atoms with van der Waals surface area (Å²) >= 11 is 6.93. The maximum absolute atomic E-state index is 12.5. The van der Waals surface area contributed by atoms with Crippen LogP contribution in [0.25, 0.3) is 0 Å². The summed E-state index contributed by atoms with van der Waals surface area (Å²) in [6.07, 6.45) is 1.76. The monoisotopic (exact) mass is 374 g/mol. The minimum atomic E-state index is -0.269. The van der Waals surface area contributed by atoms with E-state index < -0.39 is 0 Å². The van der Waals surface area contributed by atoms with Crippen LogP contribution in [-0.4, -0.2) is 19.0 Å². The van der Waals surface area contributed by atoms with Gasteiger partial charge in [0, 0.05) is 15.5 Å². The van der Waals surface area contributed by atoms with Crippen LogP contribution in [0.3, 0.4) is 0 Å². The van der Waals surface area contributed by atoms with Crippen molar-refractivity contribution in [1.29, 1.82) is 0 Å². The molecule has 1 saturated heterocycles. The molecule has 0 bridgehead atoms. The van der Waals surface area contributed by atoms with E-state index in [-0.39, 0.29) is 11.3 Å². The number of anilines is 1. The first-order valence-corrected chi connectivity index (χ1v) is 7.64. The molecule has 0 aromatic heterocycles. The van der Waals surface area contributed by atoms with Gasteiger partial charge in [-0.1, -0.05) is 13.0 Å². The van der Waals surface area contributed by atoms with E-state index in [0.29, 0.717) is 0 Å². The summed E-state index contributed by atoms with van der Waals surface area (Å²) in [5.74, 6) is 0.0996. The third-order valence-corrected chi connectivity index (χ3v) is 4.93. The van der Waals surface area contributed by atoms with E-state index in [0.717, 1.165) is 40.6 Å². The minimum Gasteiger partial charge on any atom is -0.324 e. The average Bonchev–Trinajstić information content (AvgIpc) is 2.84. The maximum Gasteiger partial charge on any atom is 0.231 e. The highest BCUT2D eigenvalue weighted by molar-refractivity contribution is 9.11. The molecule has 3 nitrogen and oxygen atoms in total. The molecule has 1 unspecified atom stereocenters. The van der Waals surface area contributed by atoms with E-state index in [1.165, 1.54) is 0 Å². The van der Waals surface area contributed by atoms with Gasteiger partial charge in [0.05, 0.1) is 11.1 Å². The standard InChI is InChI=1S/C13H16Br2N2O/c1-2-13(6-7-16-8-13)12(18)17-11-9(14)4-3-5-10(11)15/h3-5,16H,2,6-8H2,1H3,(H,17,18). The summed E-state index contributed by atoms with van der Waals surface area (Å²) in [6, 6.07) is 5.77. The van der Waals surface area contributed by atoms with E-state index in [4.69, 9.17) is 0 Å².